The van der Waals surface area contributed by atoms with Crippen molar-refractivity contribution in [1.29, 1.82) is 0 Å². The molecule has 3 rings (SSSR count). The molecule has 0 amide bonds. The number of benzene rings is 2. The second kappa shape index (κ2) is 3.67. The molecule has 0 aliphatic carbocycles. The van der Waals surface area contributed by atoms with E-state index < -0.39 is 0 Å². The summed E-state index contributed by atoms with van der Waals surface area (Å²) >= 11 is 0. The maximum Gasteiger partial charge on any atom is 0.0419 e. The molecule has 0 radical (unpaired) electrons. The Morgan fingerprint density at radius 1 is 0.938 bits per heavy atom. The minimum atomic E-state index is 0.576. The molecule has 0 bridgehead atoms. The molecule has 0 spiro atoms. The van der Waals surface area contributed by atoms with Gasteiger partial charge in [-0.05, 0) is 35.6 Å². The lowest BCUT2D eigenvalue weighted by molar-refractivity contribution is 0.769. The van der Waals surface area contributed by atoms with E-state index in [0.717, 1.165) is 6.42 Å². The first kappa shape index (κ1) is 9.46. The Balaban J connectivity index is 2.15. The summed E-state index contributed by atoms with van der Waals surface area (Å²) in [6, 6.07) is 17.2. The van der Waals surface area contributed by atoms with Crippen LogP contribution in [0.4, 0.5) is 11.4 Å². The zero-order valence-corrected chi connectivity index (χ0v) is 9.40. The van der Waals surface area contributed by atoms with Crippen LogP contribution in [0.2, 0.25) is 0 Å². The quantitative estimate of drug-likeness (QED) is 0.689. The molecule has 1 nitrogen and oxygen atoms in total. The van der Waals surface area contributed by atoms with Crippen molar-refractivity contribution in [2.45, 2.75) is 19.3 Å². The minimum Gasteiger partial charge on any atom is -0.355 e. The number of fused-ring (bicyclic) bond motifs is 2. The summed E-state index contributed by atoms with van der Waals surface area (Å²) in [7, 11) is 0. The second-order valence-corrected chi connectivity index (χ2v) is 4.47. The van der Waals surface area contributed by atoms with Gasteiger partial charge >= 0.3 is 0 Å². The van der Waals surface area contributed by atoms with Gasteiger partial charge in [-0.25, -0.2) is 0 Å². The van der Waals surface area contributed by atoms with Crippen molar-refractivity contribution in [3.63, 3.8) is 0 Å². The van der Waals surface area contributed by atoms with Gasteiger partial charge in [0.1, 0.15) is 0 Å². The van der Waals surface area contributed by atoms with Gasteiger partial charge in [0.05, 0.1) is 0 Å². The number of nitrogens with one attached hydrogen (secondary N) is 1. The van der Waals surface area contributed by atoms with Gasteiger partial charge in [-0.1, -0.05) is 43.3 Å². The van der Waals surface area contributed by atoms with Gasteiger partial charge in [-0.15, -0.1) is 0 Å². The van der Waals surface area contributed by atoms with Crippen LogP contribution in [0.3, 0.4) is 0 Å². The maximum absolute atomic E-state index is 3.53. The summed E-state index contributed by atoms with van der Waals surface area (Å²) in [5, 5.41) is 3.53. The van der Waals surface area contributed by atoms with Gasteiger partial charge in [0.25, 0.3) is 0 Å². The van der Waals surface area contributed by atoms with Crippen LogP contribution in [0.1, 0.15) is 24.0 Å². The van der Waals surface area contributed by atoms with Crippen LogP contribution in [0, 0.1) is 0 Å². The third-order valence-corrected chi connectivity index (χ3v) is 3.30. The van der Waals surface area contributed by atoms with Crippen molar-refractivity contribution in [3.8, 4) is 0 Å². The smallest absolute Gasteiger partial charge is 0.0419 e. The highest BCUT2D eigenvalue weighted by molar-refractivity contribution is 5.68. The molecule has 1 unspecified atom stereocenters. The van der Waals surface area contributed by atoms with E-state index in [2.05, 4.69) is 60.8 Å². The van der Waals surface area contributed by atoms with E-state index in [1.807, 2.05) is 0 Å². The van der Waals surface area contributed by atoms with Crippen molar-refractivity contribution >= 4 is 11.4 Å². The van der Waals surface area contributed by atoms with Crippen LogP contribution in [0.5, 0.6) is 0 Å². The molecule has 0 aromatic heterocycles. The molecule has 1 atom stereocenters. The van der Waals surface area contributed by atoms with Crippen LogP contribution in [0.15, 0.2) is 48.5 Å². The molecule has 0 fully saturated rings. The molecular weight excluding hydrogens is 194 g/mol. The Labute approximate surface area is 96.1 Å². The normalized spacial score (nSPS) is 17.9. The fourth-order valence-electron chi connectivity index (χ4n) is 2.45. The van der Waals surface area contributed by atoms with Gasteiger partial charge in [-0.3, -0.25) is 0 Å². The Morgan fingerprint density at radius 3 is 2.50 bits per heavy atom. The molecule has 1 heterocycles. The molecule has 1 aliphatic rings. The first-order valence-corrected chi connectivity index (χ1v) is 5.78. The van der Waals surface area contributed by atoms with Crippen molar-refractivity contribution in [2.75, 3.05) is 5.32 Å². The van der Waals surface area contributed by atoms with Gasteiger partial charge in [0, 0.05) is 11.4 Å². The zero-order valence-electron chi connectivity index (χ0n) is 9.40. The Kier molecular flexibility index (Phi) is 2.17. The van der Waals surface area contributed by atoms with E-state index in [4.69, 9.17) is 0 Å². The van der Waals surface area contributed by atoms with Gasteiger partial charge in [0.2, 0.25) is 0 Å². The van der Waals surface area contributed by atoms with Crippen LogP contribution >= 0.6 is 0 Å². The summed E-state index contributed by atoms with van der Waals surface area (Å²) < 4.78 is 0. The molecule has 1 aliphatic heterocycles. The van der Waals surface area contributed by atoms with Crippen LogP contribution in [-0.2, 0) is 6.42 Å². The average Bonchev–Trinajstić information content (AvgIpc) is 2.45. The second-order valence-electron chi connectivity index (χ2n) is 4.47. The highest BCUT2D eigenvalue weighted by atomic mass is 14.9. The molecule has 16 heavy (non-hydrogen) atoms. The van der Waals surface area contributed by atoms with E-state index in [9.17, 15) is 0 Å². The number of hydrogen-bond acceptors (Lipinski definition) is 1. The lowest BCUT2D eigenvalue weighted by atomic mass is 9.94. The fraction of sp³-hybridized carbons (Fsp3) is 0.200. The number of anilines is 2. The molecule has 1 heteroatoms. The molecular formula is C15H15N. The van der Waals surface area contributed by atoms with E-state index in [0.29, 0.717) is 5.92 Å². The third kappa shape index (κ3) is 1.49. The van der Waals surface area contributed by atoms with Crippen molar-refractivity contribution in [3.05, 3.63) is 59.7 Å². The lowest BCUT2D eigenvalue weighted by Gasteiger charge is -2.11. The molecule has 2 aromatic rings. The van der Waals surface area contributed by atoms with Crippen molar-refractivity contribution in [1.82, 2.24) is 0 Å². The largest absolute Gasteiger partial charge is 0.355 e. The van der Waals surface area contributed by atoms with E-state index in [-0.39, 0.29) is 0 Å². The zero-order chi connectivity index (χ0) is 11.0. The summed E-state index contributed by atoms with van der Waals surface area (Å²) in [5.41, 5.74) is 5.32. The predicted octanol–water partition coefficient (Wildman–Crippen LogP) is 4.09. The summed E-state index contributed by atoms with van der Waals surface area (Å²) in [6.07, 6.45) is 1.11. The average molecular weight is 209 g/mol. The summed E-state index contributed by atoms with van der Waals surface area (Å²) in [4.78, 5) is 0. The van der Waals surface area contributed by atoms with Gasteiger partial charge in [-0.2, -0.15) is 0 Å². The maximum atomic E-state index is 3.53. The molecule has 0 saturated carbocycles. The number of hydrogen-bond donors (Lipinski definition) is 1. The van der Waals surface area contributed by atoms with Crippen LogP contribution < -0.4 is 5.32 Å². The Morgan fingerprint density at radius 2 is 1.62 bits per heavy atom. The monoisotopic (exact) mass is 209 g/mol. The van der Waals surface area contributed by atoms with Crippen LogP contribution in [-0.4, -0.2) is 0 Å². The molecule has 80 valence electrons. The highest BCUT2D eigenvalue weighted by Crippen LogP contribution is 2.35. The van der Waals surface area contributed by atoms with Crippen molar-refractivity contribution < 1.29 is 0 Å². The van der Waals surface area contributed by atoms with Crippen LogP contribution in [0.25, 0.3) is 0 Å². The van der Waals surface area contributed by atoms with Gasteiger partial charge in [0.15, 0.2) is 0 Å². The Hall–Kier alpha value is -1.76. The minimum absolute atomic E-state index is 0.576. The van der Waals surface area contributed by atoms with E-state index in [1.54, 1.807) is 0 Å². The number of para-hydroxylation sites is 2. The topological polar surface area (TPSA) is 12.0 Å². The highest BCUT2D eigenvalue weighted by Gasteiger charge is 2.17. The first-order chi connectivity index (χ1) is 7.84. The standard InChI is InChI=1S/C15H15N/c1-11-10-12-6-2-4-8-14(12)16-15-9-5-3-7-13(11)15/h2-9,11,16H,10H2,1H3. The molecule has 0 saturated heterocycles. The Bertz CT molecular complexity index is 516. The van der Waals surface area contributed by atoms with E-state index in [1.165, 1.54) is 22.5 Å². The summed E-state index contributed by atoms with van der Waals surface area (Å²) in [6.45, 7) is 2.29. The third-order valence-electron chi connectivity index (χ3n) is 3.30. The number of rotatable bonds is 0. The fourth-order valence-corrected chi connectivity index (χ4v) is 2.45. The lowest BCUT2D eigenvalue weighted by Crippen LogP contribution is -1.96. The predicted molar refractivity (Wildman–Crippen MR) is 68.3 cm³/mol. The first-order valence-electron chi connectivity index (χ1n) is 5.78. The van der Waals surface area contributed by atoms with Crippen molar-refractivity contribution in [2.24, 2.45) is 0 Å². The molecule has 1 N–H and O–H groups in total. The SMILES string of the molecule is CC1Cc2ccccc2Nc2ccccc21. The van der Waals surface area contributed by atoms with Gasteiger partial charge < -0.3 is 5.32 Å². The molecule has 2 aromatic carbocycles. The summed E-state index contributed by atoms with van der Waals surface area (Å²) in [5.74, 6) is 0.576. The van der Waals surface area contributed by atoms with E-state index >= 15 is 0 Å².